The number of H-pyrrole nitrogens is 1. The van der Waals surface area contributed by atoms with Crippen molar-refractivity contribution in [2.45, 2.75) is 25.8 Å². The molecular formula is C14H14N6O2. The van der Waals surface area contributed by atoms with Crippen LogP contribution in [-0.2, 0) is 11.3 Å². The quantitative estimate of drug-likeness (QED) is 0.786. The Hall–Kier alpha value is -2.77. The number of aromatic amines is 1. The van der Waals surface area contributed by atoms with E-state index in [4.69, 9.17) is 4.52 Å². The van der Waals surface area contributed by atoms with E-state index in [2.05, 4.69) is 25.1 Å². The minimum Gasteiger partial charge on any atom is -0.335 e. The number of carbonyl (C=O) groups is 1. The number of nitrogens with zero attached hydrogens (tertiary/aromatic N) is 5. The molecule has 1 aliphatic rings. The standard InChI is InChI=1S/C14H14N6O2/c21-12-3-1-2-4-20(12)7-11-18-14(22-19-11)10-5-9-6-15-8-16-13(9)17-10/h5-6,8H,1-4,7H2,(H,15,16,17). The number of hydrogen-bond acceptors (Lipinski definition) is 6. The first-order valence-electron chi connectivity index (χ1n) is 7.19. The minimum atomic E-state index is 0.151. The topological polar surface area (TPSA) is 101 Å². The van der Waals surface area contributed by atoms with Gasteiger partial charge in [0.25, 0.3) is 5.89 Å². The zero-order chi connectivity index (χ0) is 14.9. The second-order valence-electron chi connectivity index (χ2n) is 5.30. The molecule has 8 heteroatoms. The smallest absolute Gasteiger partial charge is 0.274 e. The number of carbonyl (C=O) groups excluding carboxylic acids is 1. The lowest BCUT2D eigenvalue weighted by molar-refractivity contribution is -0.134. The van der Waals surface area contributed by atoms with Gasteiger partial charge in [0.15, 0.2) is 5.82 Å². The summed E-state index contributed by atoms with van der Waals surface area (Å²) in [6, 6.07) is 1.86. The third kappa shape index (κ3) is 2.32. The van der Waals surface area contributed by atoms with Crippen LogP contribution >= 0.6 is 0 Å². The number of aromatic nitrogens is 5. The maximum absolute atomic E-state index is 11.8. The molecule has 4 rings (SSSR count). The molecule has 1 N–H and O–H groups in total. The predicted octanol–water partition coefficient (Wildman–Crippen LogP) is 1.52. The molecule has 0 aromatic carbocycles. The zero-order valence-corrected chi connectivity index (χ0v) is 11.8. The number of piperidine rings is 1. The molecule has 0 aliphatic carbocycles. The fourth-order valence-corrected chi connectivity index (χ4v) is 2.61. The Morgan fingerprint density at radius 3 is 3.18 bits per heavy atom. The Bertz CT molecular complexity index is 790. The van der Waals surface area contributed by atoms with Crippen molar-refractivity contribution in [3.63, 3.8) is 0 Å². The van der Waals surface area contributed by atoms with E-state index in [1.807, 2.05) is 6.07 Å². The van der Waals surface area contributed by atoms with Gasteiger partial charge in [-0.1, -0.05) is 5.16 Å². The SMILES string of the molecule is O=C1CCCCN1Cc1noc(-c2cc3cncnc3[nH]2)n1. The average Bonchev–Trinajstić information content (AvgIpc) is 3.15. The molecule has 8 nitrogen and oxygen atoms in total. The maximum Gasteiger partial charge on any atom is 0.274 e. The second-order valence-corrected chi connectivity index (χ2v) is 5.30. The molecule has 1 saturated heterocycles. The summed E-state index contributed by atoms with van der Waals surface area (Å²) in [6.45, 7) is 1.15. The van der Waals surface area contributed by atoms with Gasteiger partial charge in [-0.05, 0) is 18.9 Å². The maximum atomic E-state index is 11.8. The van der Waals surface area contributed by atoms with E-state index in [0.717, 1.165) is 30.4 Å². The van der Waals surface area contributed by atoms with Crippen molar-refractivity contribution in [3.05, 3.63) is 24.4 Å². The summed E-state index contributed by atoms with van der Waals surface area (Å²) >= 11 is 0. The van der Waals surface area contributed by atoms with E-state index in [1.54, 1.807) is 11.1 Å². The van der Waals surface area contributed by atoms with Gasteiger partial charge in [0.05, 0.1) is 6.54 Å². The Kier molecular flexibility index (Phi) is 3.06. The lowest BCUT2D eigenvalue weighted by Gasteiger charge is -2.25. The summed E-state index contributed by atoms with van der Waals surface area (Å²) < 4.78 is 5.28. The van der Waals surface area contributed by atoms with Crippen molar-refractivity contribution < 1.29 is 9.32 Å². The van der Waals surface area contributed by atoms with Crippen molar-refractivity contribution in [2.24, 2.45) is 0 Å². The summed E-state index contributed by atoms with van der Waals surface area (Å²) in [5.74, 6) is 1.05. The van der Waals surface area contributed by atoms with Crippen LogP contribution in [0, 0.1) is 0 Å². The van der Waals surface area contributed by atoms with Crippen LogP contribution in [-0.4, -0.2) is 42.4 Å². The summed E-state index contributed by atoms with van der Waals surface area (Å²) in [5.41, 5.74) is 1.41. The Balaban J connectivity index is 1.57. The van der Waals surface area contributed by atoms with E-state index in [9.17, 15) is 4.79 Å². The van der Waals surface area contributed by atoms with Gasteiger partial charge in [0.2, 0.25) is 5.91 Å². The summed E-state index contributed by atoms with van der Waals surface area (Å²) in [4.78, 5) is 29.1. The average molecular weight is 298 g/mol. The predicted molar refractivity (Wildman–Crippen MR) is 76.4 cm³/mol. The number of amides is 1. The molecule has 0 radical (unpaired) electrons. The molecule has 4 heterocycles. The van der Waals surface area contributed by atoms with Crippen LogP contribution in [0.5, 0.6) is 0 Å². The largest absolute Gasteiger partial charge is 0.335 e. The molecule has 1 aliphatic heterocycles. The molecule has 0 spiro atoms. The number of hydrogen-bond donors (Lipinski definition) is 1. The molecule has 0 unspecified atom stereocenters. The van der Waals surface area contributed by atoms with Crippen molar-refractivity contribution in [2.75, 3.05) is 6.54 Å². The summed E-state index contributed by atoms with van der Waals surface area (Å²) in [6.07, 6.45) is 5.78. The molecule has 0 saturated carbocycles. The van der Waals surface area contributed by atoms with Gasteiger partial charge in [0, 0.05) is 24.5 Å². The molecule has 0 bridgehead atoms. The molecule has 112 valence electrons. The highest BCUT2D eigenvalue weighted by atomic mass is 16.5. The fraction of sp³-hybridized carbons (Fsp3) is 0.357. The molecular weight excluding hydrogens is 284 g/mol. The van der Waals surface area contributed by atoms with Gasteiger partial charge in [-0.3, -0.25) is 4.79 Å². The zero-order valence-electron chi connectivity index (χ0n) is 11.8. The number of likely N-dealkylation sites (tertiary alicyclic amines) is 1. The van der Waals surface area contributed by atoms with E-state index < -0.39 is 0 Å². The first-order valence-corrected chi connectivity index (χ1v) is 7.19. The minimum absolute atomic E-state index is 0.151. The third-order valence-electron chi connectivity index (χ3n) is 3.75. The summed E-state index contributed by atoms with van der Waals surface area (Å²) in [7, 11) is 0. The molecule has 0 atom stereocenters. The molecule has 1 fully saturated rings. The fourth-order valence-electron chi connectivity index (χ4n) is 2.61. The molecule has 3 aromatic heterocycles. The van der Waals surface area contributed by atoms with Crippen molar-refractivity contribution >= 4 is 16.9 Å². The molecule has 3 aromatic rings. The number of nitrogens with one attached hydrogen (secondary N) is 1. The normalized spacial score (nSPS) is 15.6. The highest BCUT2D eigenvalue weighted by Crippen LogP contribution is 2.21. The monoisotopic (exact) mass is 298 g/mol. The summed E-state index contributed by atoms with van der Waals surface area (Å²) in [5, 5.41) is 4.83. The van der Waals surface area contributed by atoms with Crippen LogP contribution < -0.4 is 0 Å². The highest BCUT2D eigenvalue weighted by Gasteiger charge is 2.21. The van der Waals surface area contributed by atoms with Crippen LogP contribution in [0.2, 0.25) is 0 Å². The van der Waals surface area contributed by atoms with Crippen molar-refractivity contribution in [1.29, 1.82) is 0 Å². The molecule has 22 heavy (non-hydrogen) atoms. The van der Waals surface area contributed by atoms with Crippen LogP contribution in [0.1, 0.15) is 25.1 Å². The lowest BCUT2D eigenvalue weighted by Crippen LogP contribution is -2.34. The van der Waals surface area contributed by atoms with Crippen LogP contribution in [0.15, 0.2) is 23.1 Å². The van der Waals surface area contributed by atoms with Gasteiger partial charge in [-0.25, -0.2) is 9.97 Å². The van der Waals surface area contributed by atoms with E-state index in [0.29, 0.717) is 30.4 Å². The first kappa shape index (κ1) is 12.9. The van der Waals surface area contributed by atoms with Crippen molar-refractivity contribution in [1.82, 2.24) is 30.0 Å². The van der Waals surface area contributed by atoms with Gasteiger partial charge < -0.3 is 14.4 Å². The van der Waals surface area contributed by atoms with Crippen LogP contribution in [0.4, 0.5) is 0 Å². The van der Waals surface area contributed by atoms with E-state index in [1.165, 1.54) is 6.33 Å². The van der Waals surface area contributed by atoms with Crippen LogP contribution in [0.25, 0.3) is 22.6 Å². The Labute approximate surface area is 125 Å². The van der Waals surface area contributed by atoms with Gasteiger partial charge >= 0.3 is 0 Å². The van der Waals surface area contributed by atoms with Crippen LogP contribution in [0.3, 0.4) is 0 Å². The highest BCUT2D eigenvalue weighted by molar-refractivity contribution is 5.80. The Morgan fingerprint density at radius 1 is 1.36 bits per heavy atom. The van der Waals surface area contributed by atoms with Gasteiger partial charge in [0.1, 0.15) is 17.7 Å². The molecule has 1 amide bonds. The lowest BCUT2D eigenvalue weighted by atomic mass is 10.1. The second kappa shape index (κ2) is 5.21. The third-order valence-corrected chi connectivity index (χ3v) is 3.75. The van der Waals surface area contributed by atoms with Crippen molar-refractivity contribution in [3.8, 4) is 11.6 Å². The van der Waals surface area contributed by atoms with E-state index in [-0.39, 0.29) is 5.91 Å². The first-order chi connectivity index (χ1) is 10.8. The van der Waals surface area contributed by atoms with Gasteiger partial charge in [-0.15, -0.1) is 0 Å². The Morgan fingerprint density at radius 2 is 2.32 bits per heavy atom. The number of rotatable bonds is 3. The van der Waals surface area contributed by atoms with E-state index >= 15 is 0 Å². The van der Waals surface area contributed by atoms with Gasteiger partial charge in [-0.2, -0.15) is 4.98 Å². The number of fused-ring (bicyclic) bond motifs is 1.